The van der Waals surface area contributed by atoms with Crippen LogP contribution in [0.5, 0.6) is 11.5 Å². The van der Waals surface area contributed by atoms with E-state index < -0.39 is 15.6 Å². The maximum absolute atomic E-state index is 12.8. The first-order valence-corrected chi connectivity index (χ1v) is 12.7. The van der Waals surface area contributed by atoms with Crippen LogP contribution in [-0.2, 0) is 14.8 Å². The molecule has 174 valence electrons. The molecule has 2 aromatic carbocycles. The Labute approximate surface area is 191 Å². The first kappa shape index (κ1) is 23.9. The van der Waals surface area contributed by atoms with Crippen LogP contribution < -0.4 is 9.04 Å². The van der Waals surface area contributed by atoms with Crippen molar-refractivity contribution in [3.05, 3.63) is 54.6 Å². The Balaban J connectivity index is 1.81. The van der Waals surface area contributed by atoms with Crippen molar-refractivity contribution in [1.82, 2.24) is 4.90 Å². The number of anilines is 1. The predicted octanol–water partition coefficient (Wildman–Crippen LogP) is 4.89. The molecule has 0 aliphatic carbocycles. The van der Waals surface area contributed by atoms with E-state index in [0.717, 1.165) is 12.8 Å². The molecule has 1 aliphatic heterocycles. The Morgan fingerprint density at radius 3 is 2.41 bits per heavy atom. The topological polar surface area (TPSA) is 76.2 Å². The highest BCUT2D eigenvalue weighted by Gasteiger charge is 2.31. The molecule has 0 spiro atoms. The van der Waals surface area contributed by atoms with Gasteiger partial charge >= 0.3 is 6.09 Å². The monoisotopic (exact) mass is 460 g/mol. The van der Waals surface area contributed by atoms with Gasteiger partial charge in [-0.3, -0.25) is 4.31 Å². The van der Waals surface area contributed by atoms with Gasteiger partial charge in [0.25, 0.3) is 0 Å². The fourth-order valence-electron chi connectivity index (χ4n) is 3.72. The van der Waals surface area contributed by atoms with Crippen molar-refractivity contribution in [3.63, 3.8) is 0 Å². The number of benzene rings is 2. The number of para-hydroxylation sites is 3. The first-order chi connectivity index (χ1) is 15.0. The summed E-state index contributed by atoms with van der Waals surface area (Å²) in [6.07, 6.45) is 2.46. The lowest BCUT2D eigenvalue weighted by molar-refractivity contribution is 0.0171. The molecule has 1 heterocycles. The van der Waals surface area contributed by atoms with E-state index in [1.54, 1.807) is 23.1 Å². The third-order valence-corrected chi connectivity index (χ3v) is 6.25. The van der Waals surface area contributed by atoms with E-state index in [4.69, 9.17) is 9.47 Å². The first-order valence-electron chi connectivity index (χ1n) is 10.8. The number of ether oxygens (including phenoxy) is 2. The third-order valence-electron chi connectivity index (χ3n) is 5.10. The molecule has 1 fully saturated rings. The number of amides is 1. The highest BCUT2D eigenvalue weighted by molar-refractivity contribution is 7.92. The summed E-state index contributed by atoms with van der Waals surface area (Å²) in [6, 6.07) is 16.4. The molecule has 1 saturated heterocycles. The van der Waals surface area contributed by atoms with E-state index >= 15 is 0 Å². The minimum atomic E-state index is -3.58. The minimum absolute atomic E-state index is 0.0178. The summed E-state index contributed by atoms with van der Waals surface area (Å²) in [4.78, 5) is 14.2. The van der Waals surface area contributed by atoms with Crippen LogP contribution in [0.15, 0.2) is 54.6 Å². The normalized spacial score (nSPS) is 17.0. The fourth-order valence-corrected chi connectivity index (χ4v) is 4.71. The van der Waals surface area contributed by atoms with Crippen LogP contribution in [0, 0.1) is 5.92 Å². The molecule has 0 N–H and O–H groups in total. The van der Waals surface area contributed by atoms with Gasteiger partial charge in [-0.1, -0.05) is 30.3 Å². The molecule has 0 bridgehead atoms. The number of piperidine rings is 1. The minimum Gasteiger partial charge on any atom is -0.455 e. The second kappa shape index (κ2) is 9.81. The predicted molar refractivity (Wildman–Crippen MR) is 126 cm³/mol. The maximum Gasteiger partial charge on any atom is 0.410 e. The molecule has 8 heteroatoms. The van der Waals surface area contributed by atoms with E-state index in [9.17, 15) is 13.2 Å². The standard InChI is InChI=1S/C24H32N2O5S/c1-24(2,3)31-23(27)25-16-10-11-19(17-25)18-26(32(4,28)29)21-14-8-9-15-22(21)30-20-12-6-5-7-13-20/h5-9,12-15,19H,10-11,16-18H2,1-4H3. The lowest BCUT2D eigenvalue weighted by Crippen LogP contribution is -2.46. The Hall–Kier alpha value is -2.74. The molecule has 7 nitrogen and oxygen atoms in total. The van der Waals surface area contributed by atoms with Crippen LogP contribution in [0.25, 0.3) is 0 Å². The Bertz CT molecular complexity index is 1020. The summed E-state index contributed by atoms with van der Waals surface area (Å²) in [5, 5.41) is 0. The van der Waals surface area contributed by atoms with E-state index in [-0.39, 0.29) is 18.6 Å². The average molecular weight is 461 g/mol. The van der Waals surface area contributed by atoms with Crippen molar-refractivity contribution in [2.75, 3.05) is 30.2 Å². The number of nitrogens with zero attached hydrogens (tertiary/aromatic N) is 2. The van der Waals surface area contributed by atoms with E-state index in [0.29, 0.717) is 30.3 Å². The number of carbonyl (C=O) groups is 1. The van der Waals surface area contributed by atoms with Crippen molar-refractivity contribution in [1.29, 1.82) is 0 Å². The molecule has 0 saturated carbocycles. The van der Waals surface area contributed by atoms with Crippen LogP contribution >= 0.6 is 0 Å². The van der Waals surface area contributed by atoms with Gasteiger partial charge in [0.15, 0.2) is 5.75 Å². The number of rotatable bonds is 6. The smallest absolute Gasteiger partial charge is 0.410 e. The molecule has 32 heavy (non-hydrogen) atoms. The zero-order valence-corrected chi connectivity index (χ0v) is 20.0. The molecule has 1 aliphatic rings. The Morgan fingerprint density at radius 2 is 1.75 bits per heavy atom. The van der Waals surface area contributed by atoms with Gasteiger partial charge in [-0.2, -0.15) is 0 Å². The van der Waals surface area contributed by atoms with Gasteiger partial charge in [0.05, 0.1) is 11.9 Å². The summed E-state index contributed by atoms with van der Waals surface area (Å²) in [5.41, 5.74) is -0.0930. The molecule has 3 rings (SSSR count). The summed E-state index contributed by atoms with van der Waals surface area (Å²) < 4.78 is 38.4. The zero-order chi connectivity index (χ0) is 23.4. The van der Waals surface area contributed by atoms with Crippen molar-refractivity contribution in [2.24, 2.45) is 5.92 Å². The Morgan fingerprint density at radius 1 is 1.09 bits per heavy atom. The van der Waals surface area contributed by atoms with Gasteiger partial charge in [-0.15, -0.1) is 0 Å². The highest BCUT2D eigenvalue weighted by atomic mass is 32.2. The molecule has 1 atom stereocenters. The second-order valence-electron chi connectivity index (χ2n) is 9.11. The number of sulfonamides is 1. The number of hydrogen-bond donors (Lipinski definition) is 0. The summed E-state index contributed by atoms with van der Waals surface area (Å²) in [7, 11) is -3.58. The highest BCUT2D eigenvalue weighted by Crippen LogP contribution is 2.35. The van der Waals surface area contributed by atoms with Crippen molar-refractivity contribution < 1.29 is 22.7 Å². The Kier molecular flexibility index (Phi) is 7.33. The van der Waals surface area contributed by atoms with E-state index in [1.807, 2.05) is 57.2 Å². The molecular formula is C24H32N2O5S. The summed E-state index contributed by atoms with van der Waals surface area (Å²) in [6.45, 7) is 6.82. The lowest BCUT2D eigenvalue weighted by atomic mass is 9.98. The van der Waals surface area contributed by atoms with Crippen molar-refractivity contribution in [2.45, 2.75) is 39.2 Å². The second-order valence-corrected chi connectivity index (χ2v) is 11.0. The zero-order valence-electron chi connectivity index (χ0n) is 19.2. The quantitative estimate of drug-likeness (QED) is 0.613. The molecule has 2 aromatic rings. The lowest BCUT2D eigenvalue weighted by Gasteiger charge is -2.36. The SMILES string of the molecule is CC(C)(C)OC(=O)N1CCCC(CN(c2ccccc2Oc2ccccc2)S(C)(=O)=O)C1. The van der Waals surface area contributed by atoms with Crippen LogP contribution in [-0.4, -0.2) is 50.9 Å². The maximum atomic E-state index is 12.8. The largest absolute Gasteiger partial charge is 0.455 e. The van der Waals surface area contributed by atoms with Gasteiger partial charge < -0.3 is 14.4 Å². The van der Waals surface area contributed by atoms with Gasteiger partial charge in [0.2, 0.25) is 10.0 Å². The third kappa shape index (κ3) is 6.63. The van der Waals surface area contributed by atoms with Gasteiger partial charge in [0.1, 0.15) is 11.4 Å². The fraction of sp³-hybridized carbons (Fsp3) is 0.458. The van der Waals surface area contributed by atoms with Gasteiger partial charge in [0, 0.05) is 19.6 Å². The summed E-state index contributed by atoms with van der Waals surface area (Å²) >= 11 is 0. The number of likely N-dealkylation sites (tertiary alicyclic amines) is 1. The van der Waals surface area contributed by atoms with Gasteiger partial charge in [-0.05, 0) is 63.8 Å². The van der Waals surface area contributed by atoms with Crippen molar-refractivity contribution >= 4 is 21.8 Å². The molecular weight excluding hydrogens is 428 g/mol. The molecule has 1 unspecified atom stereocenters. The van der Waals surface area contributed by atoms with Crippen molar-refractivity contribution in [3.8, 4) is 11.5 Å². The van der Waals surface area contributed by atoms with E-state index in [1.165, 1.54) is 10.6 Å². The van der Waals surface area contributed by atoms with Crippen LogP contribution in [0.2, 0.25) is 0 Å². The number of hydrogen-bond acceptors (Lipinski definition) is 5. The molecule has 0 radical (unpaired) electrons. The van der Waals surface area contributed by atoms with Crippen LogP contribution in [0.4, 0.5) is 10.5 Å². The van der Waals surface area contributed by atoms with Crippen LogP contribution in [0.3, 0.4) is 0 Å². The van der Waals surface area contributed by atoms with Gasteiger partial charge in [-0.25, -0.2) is 13.2 Å². The van der Waals surface area contributed by atoms with Crippen LogP contribution in [0.1, 0.15) is 33.6 Å². The molecule has 0 aromatic heterocycles. The number of carbonyl (C=O) groups excluding carboxylic acids is 1. The average Bonchev–Trinajstić information content (AvgIpc) is 2.72. The summed E-state index contributed by atoms with van der Waals surface area (Å²) in [5.74, 6) is 1.07. The molecule has 1 amide bonds. The van der Waals surface area contributed by atoms with E-state index in [2.05, 4.69) is 0 Å².